The molecule has 0 atom stereocenters. The molecule has 0 aliphatic carbocycles. The van der Waals surface area contributed by atoms with Gasteiger partial charge in [-0.25, -0.2) is 4.68 Å². The van der Waals surface area contributed by atoms with Gasteiger partial charge in [0.1, 0.15) is 17.3 Å². The quantitative estimate of drug-likeness (QED) is 0.461. The Morgan fingerprint density at radius 1 is 1.03 bits per heavy atom. The number of carbonyl (C=O) groups excluding carboxylic acids is 1. The van der Waals surface area contributed by atoms with E-state index >= 15 is 0 Å². The molecule has 2 aromatic carbocycles. The van der Waals surface area contributed by atoms with Crippen molar-refractivity contribution in [2.45, 2.75) is 20.8 Å². The van der Waals surface area contributed by atoms with Crippen LogP contribution in [0.2, 0.25) is 0 Å². The molecule has 162 valence electrons. The van der Waals surface area contributed by atoms with Gasteiger partial charge in [0.05, 0.1) is 23.2 Å². The number of hydrogen-bond acceptors (Lipinski definition) is 5. The number of nitrogens with zero attached hydrogens (tertiary/aromatic N) is 2. The summed E-state index contributed by atoms with van der Waals surface area (Å²) in [7, 11) is 1.57. The fourth-order valence-corrected chi connectivity index (χ4v) is 4.04. The number of benzene rings is 2. The molecule has 0 fully saturated rings. The molecule has 7 heteroatoms. The fourth-order valence-electron chi connectivity index (χ4n) is 3.42. The first kappa shape index (κ1) is 21.5. The zero-order valence-electron chi connectivity index (χ0n) is 18.3. The van der Waals surface area contributed by atoms with Gasteiger partial charge in [0, 0.05) is 0 Å². The van der Waals surface area contributed by atoms with Crippen molar-refractivity contribution in [3.05, 3.63) is 91.9 Å². The average molecular weight is 446 g/mol. The molecule has 0 spiro atoms. The monoisotopic (exact) mass is 445 g/mol. The van der Waals surface area contributed by atoms with Crippen LogP contribution in [0.5, 0.6) is 5.75 Å². The third kappa shape index (κ3) is 4.07. The lowest BCUT2D eigenvalue weighted by Crippen LogP contribution is -2.24. The highest BCUT2D eigenvalue weighted by atomic mass is 32.1. The largest absolute Gasteiger partial charge is 0.497 e. The Bertz CT molecular complexity index is 1360. The SMILES string of the molecule is COc1cccc(-c2c(NC(=O)c3cccs3)n(-c3ccc(C)c(C)c3)nc(C)c2=O)c1. The Morgan fingerprint density at radius 2 is 1.84 bits per heavy atom. The van der Waals surface area contributed by atoms with Gasteiger partial charge in [0.25, 0.3) is 5.91 Å². The van der Waals surface area contributed by atoms with Crippen molar-refractivity contribution < 1.29 is 9.53 Å². The third-order valence-electron chi connectivity index (χ3n) is 5.32. The van der Waals surface area contributed by atoms with Crippen molar-refractivity contribution in [1.82, 2.24) is 9.78 Å². The van der Waals surface area contributed by atoms with E-state index in [1.54, 1.807) is 30.8 Å². The van der Waals surface area contributed by atoms with E-state index in [4.69, 9.17) is 4.74 Å². The zero-order chi connectivity index (χ0) is 22.8. The number of anilines is 1. The number of hydrogen-bond donors (Lipinski definition) is 1. The Hall–Kier alpha value is -3.71. The van der Waals surface area contributed by atoms with Crippen LogP contribution in [0, 0.1) is 20.8 Å². The van der Waals surface area contributed by atoms with Crippen LogP contribution in [0.1, 0.15) is 26.5 Å². The molecule has 0 saturated carbocycles. The first-order valence-electron chi connectivity index (χ1n) is 10.1. The Balaban J connectivity index is 2.00. The number of aromatic nitrogens is 2. The molecular formula is C25H23N3O3S. The fraction of sp³-hybridized carbons (Fsp3) is 0.160. The minimum Gasteiger partial charge on any atom is -0.497 e. The van der Waals surface area contributed by atoms with E-state index in [9.17, 15) is 9.59 Å². The summed E-state index contributed by atoms with van der Waals surface area (Å²) in [6, 6.07) is 16.7. The van der Waals surface area contributed by atoms with Crippen LogP contribution in [0.4, 0.5) is 5.82 Å². The Kier molecular flexibility index (Phi) is 5.92. The maximum absolute atomic E-state index is 13.3. The summed E-state index contributed by atoms with van der Waals surface area (Å²) in [6.07, 6.45) is 0. The predicted molar refractivity (Wildman–Crippen MR) is 128 cm³/mol. The van der Waals surface area contributed by atoms with Crippen LogP contribution in [0.25, 0.3) is 16.8 Å². The van der Waals surface area contributed by atoms with Gasteiger partial charge >= 0.3 is 0 Å². The number of methoxy groups -OCH3 is 1. The van der Waals surface area contributed by atoms with Gasteiger partial charge < -0.3 is 10.1 Å². The van der Waals surface area contributed by atoms with E-state index in [0.29, 0.717) is 33.3 Å². The van der Waals surface area contributed by atoms with Gasteiger partial charge in [-0.1, -0.05) is 24.3 Å². The molecule has 1 amide bonds. The van der Waals surface area contributed by atoms with Gasteiger partial charge in [-0.3, -0.25) is 9.59 Å². The average Bonchev–Trinajstić information content (AvgIpc) is 3.33. The van der Waals surface area contributed by atoms with Crippen LogP contribution < -0.4 is 15.5 Å². The van der Waals surface area contributed by atoms with Crippen LogP contribution in [0.15, 0.2) is 64.8 Å². The smallest absolute Gasteiger partial charge is 0.266 e. The van der Waals surface area contributed by atoms with E-state index in [1.165, 1.54) is 11.3 Å². The predicted octanol–water partition coefficient (Wildman–Crippen LogP) is 5.15. The number of ether oxygens (including phenoxy) is 1. The number of nitrogens with one attached hydrogen (secondary N) is 1. The summed E-state index contributed by atoms with van der Waals surface area (Å²) >= 11 is 1.33. The maximum atomic E-state index is 13.3. The molecule has 32 heavy (non-hydrogen) atoms. The van der Waals surface area contributed by atoms with E-state index in [2.05, 4.69) is 10.4 Å². The summed E-state index contributed by atoms with van der Waals surface area (Å²) in [5.41, 5.74) is 4.05. The molecule has 0 saturated heterocycles. The summed E-state index contributed by atoms with van der Waals surface area (Å²) in [4.78, 5) is 26.9. The van der Waals surface area contributed by atoms with Gasteiger partial charge in [0.15, 0.2) is 0 Å². The van der Waals surface area contributed by atoms with Crippen LogP contribution in [-0.4, -0.2) is 22.8 Å². The molecular weight excluding hydrogens is 422 g/mol. The summed E-state index contributed by atoms with van der Waals surface area (Å²) in [5.74, 6) is 0.631. The summed E-state index contributed by atoms with van der Waals surface area (Å²) < 4.78 is 6.99. The normalized spacial score (nSPS) is 10.8. The second-order valence-corrected chi connectivity index (χ2v) is 8.43. The molecule has 2 heterocycles. The molecule has 4 aromatic rings. The lowest BCUT2D eigenvalue weighted by molar-refractivity contribution is 0.102. The second-order valence-electron chi connectivity index (χ2n) is 7.48. The molecule has 0 unspecified atom stereocenters. The van der Waals surface area contributed by atoms with Gasteiger partial charge in [0.2, 0.25) is 5.43 Å². The Labute approximate surface area is 190 Å². The first-order chi connectivity index (χ1) is 15.4. The molecule has 6 nitrogen and oxygen atoms in total. The molecule has 0 aliphatic rings. The third-order valence-corrected chi connectivity index (χ3v) is 6.19. The van der Waals surface area contributed by atoms with Crippen LogP contribution in [-0.2, 0) is 0 Å². The van der Waals surface area contributed by atoms with Crippen molar-refractivity contribution in [3.63, 3.8) is 0 Å². The number of carbonyl (C=O) groups is 1. The minimum atomic E-state index is -0.299. The number of rotatable bonds is 5. The molecule has 0 bridgehead atoms. The lowest BCUT2D eigenvalue weighted by atomic mass is 10.0. The zero-order valence-corrected chi connectivity index (χ0v) is 19.1. The Morgan fingerprint density at radius 3 is 2.53 bits per heavy atom. The highest BCUT2D eigenvalue weighted by molar-refractivity contribution is 7.12. The van der Waals surface area contributed by atoms with Crippen molar-refractivity contribution in [2.75, 3.05) is 12.4 Å². The van der Waals surface area contributed by atoms with E-state index in [-0.39, 0.29) is 11.3 Å². The molecule has 0 radical (unpaired) electrons. The van der Waals surface area contributed by atoms with Crippen molar-refractivity contribution in [1.29, 1.82) is 0 Å². The lowest BCUT2D eigenvalue weighted by Gasteiger charge is -2.19. The molecule has 1 N–H and O–H groups in total. The maximum Gasteiger partial charge on any atom is 0.266 e. The topological polar surface area (TPSA) is 73.2 Å². The van der Waals surface area contributed by atoms with Crippen LogP contribution in [0.3, 0.4) is 0 Å². The molecule has 0 aliphatic heterocycles. The molecule has 4 rings (SSSR count). The van der Waals surface area contributed by atoms with E-state index in [1.807, 2.05) is 61.7 Å². The van der Waals surface area contributed by atoms with Gasteiger partial charge in [-0.05, 0) is 73.2 Å². The highest BCUT2D eigenvalue weighted by Gasteiger charge is 2.21. The van der Waals surface area contributed by atoms with Crippen LogP contribution >= 0.6 is 11.3 Å². The summed E-state index contributed by atoms with van der Waals surface area (Å²) in [5, 5.41) is 9.32. The number of thiophene rings is 1. The second kappa shape index (κ2) is 8.80. The van der Waals surface area contributed by atoms with Gasteiger partial charge in [-0.15, -0.1) is 11.3 Å². The molecule has 2 aromatic heterocycles. The van der Waals surface area contributed by atoms with Gasteiger partial charge in [-0.2, -0.15) is 5.10 Å². The van der Waals surface area contributed by atoms with E-state index in [0.717, 1.165) is 16.8 Å². The van der Waals surface area contributed by atoms with Crippen molar-refractivity contribution >= 4 is 23.1 Å². The van der Waals surface area contributed by atoms with Crippen molar-refractivity contribution in [3.8, 4) is 22.6 Å². The van der Waals surface area contributed by atoms with Crippen molar-refractivity contribution in [2.24, 2.45) is 0 Å². The number of aryl methyl sites for hydroxylation is 3. The minimum absolute atomic E-state index is 0.250. The van der Waals surface area contributed by atoms with E-state index < -0.39 is 0 Å². The first-order valence-corrected chi connectivity index (χ1v) is 11.0. The summed E-state index contributed by atoms with van der Waals surface area (Å²) in [6.45, 7) is 5.72. The number of amides is 1. The standard InChI is InChI=1S/C25H23N3O3S/c1-15-10-11-19(13-16(15)2)28-24(26-25(30)21-9-6-12-32-21)22(23(29)17(3)27-28)18-7-5-8-20(14-18)31-4/h5-14H,1-4H3,(H,26,30). The highest BCUT2D eigenvalue weighted by Crippen LogP contribution is 2.30.